The van der Waals surface area contributed by atoms with Crippen LogP contribution in [0.15, 0.2) is 46.0 Å². The van der Waals surface area contributed by atoms with Gasteiger partial charge in [0.05, 0.1) is 18.7 Å². The minimum Gasteiger partial charge on any atom is -0.463 e. The summed E-state index contributed by atoms with van der Waals surface area (Å²) in [5.74, 6) is -4.30. The first-order valence-corrected chi connectivity index (χ1v) is 14.6. The second kappa shape index (κ2) is 10.3. The van der Waals surface area contributed by atoms with E-state index in [9.17, 15) is 17.6 Å². The van der Waals surface area contributed by atoms with Crippen molar-refractivity contribution in [3.8, 4) is 0 Å². The fraction of sp³-hybridized carbons (Fsp3) is 0.458. The fourth-order valence-corrected chi connectivity index (χ4v) is 7.09. The molecule has 3 aliphatic heterocycles. The van der Waals surface area contributed by atoms with E-state index < -0.39 is 52.6 Å². The number of carbonyl (C=O) groups excluding carboxylic acids is 1. The van der Waals surface area contributed by atoms with E-state index in [2.05, 4.69) is 10.3 Å². The van der Waals surface area contributed by atoms with Crippen LogP contribution in [0.5, 0.6) is 0 Å². The van der Waals surface area contributed by atoms with Gasteiger partial charge in [-0.25, -0.2) is 28.1 Å². The quantitative estimate of drug-likeness (QED) is 0.477. The molecule has 0 bridgehead atoms. The minimum atomic E-state index is -4.34. The smallest absolute Gasteiger partial charge is 0.338 e. The van der Waals surface area contributed by atoms with Gasteiger partial charge >= 0.3 is 5.97 Å². The van der Waals surface area contributed by atoms with Gasteiger partial charge in [0.15, 0.2) is 10.8 Å². The standard InChI is InChI=1S/C24H27F3N6O4S2/c1-3-37-23(34)18-16(11-32-12-24(26,27)20-17(32)7-9-33(20)39(28,35)36)30-21(22-29-8-10-38-22)31-19(18)14-5-4-6-15(25)13(14)2/h4-6,8,10,17,19-20H,3,7,9,11-12H2,1-2H3,(H,30,31)(H2,28,35,36). The number of halogens is 3. The summed E-state index contributed by atoms with van der Waals surface area (Å²) >= 11 is 1.28. The number of amidine groups is 1. The van der Waals surface area contributed by atoms with Crippen LogP contribution in [0.2, 0.25) is 0 Å². The zero-order valence-electron chi connectivity index (χ0n) is 21.1. The number of likely N-dealkylation sites (tertiary alicyclic amines) is 1. The Bertz CT molecular complexity index is 1450. The van der Waals surface area contributed by atoms with Gasteiger partial charge < -0.3 is 10.1 Å². The number of benzene rings is 1. The molecule has 15 heteroatoms. The molecule has 5 rings (SSSR count). The SMILES string of the molecule is CCOC(=O)C1=C(CN2CC(F)(F)C3C2CCN3S(N)(=O)=O)NC(c2nccs2)=NC1c1cccc(F)c1C. The van der Waals surface area contributed by atoms with Gasteiger partial charge in [-0.15, -0.1) is 11.3 Å². The molecule has 0 spiro atoms. The lowest BCUT2D eigenvalue weighted by Crippen LogP contribution is -2.50. The first-order valence-electron chi connectivity index (χ1n) is 12.2. The van der Waals surface area contributed by atoms with Crippen molar-refractivity contribution in [3.05, 3.63) is 63.0 Å². The number of hydrogen-bond acceptors (Lipinski definition) is 9. The summed E-state index contributed by atoms with van der Waals surface area (Å²) in [5, 5.41) is 10.6. The Morgan fingerprint density at radius 2 is 2.13 bits per heavy atom. The number of nitrogens with two attached hydrogens (primary N) is 1. The molecule has 2 saturated heterocycles. The van der Waals surface area contributed by atoms with E-state index in [4.69, 9.17) is 14.9 Å². The second-order valence-corrected chi connectivity index (χ2v) is 11.9. The summed E-state index contributed by atoms with van der Waals surface area (Å²) < 4.78 is 75.0. The maximum atomic E-state index is 15.2. The Hall–Kier alpha value is -2.85. The van der Waals surface area contributed by atoms with Crippen LogP contribution in [0.25, 0.3) is 0 Å². The van der Waals surface area contributed by atoms with E-state index in [1.54, 1.807) is 31.5 Å². The van der Waals surface area contributed by atoms with Crippen LogP contribution < -0.4 is 10.5 Å². The second-order valence-electron chi connectivity index (χ2n) is 9.53. The van der Waals surface area contributed by atoms with Crippen LogP contribution in [0, 0.1) is 12.7 Å². The predicted molar refractivity (Wildman–Crippen MR) is 138 cm³/mol. The van der Waals surface area contributed by atoms with Gasteiger partial charge in [-0.05, 0) is 37.5 Å². The van der Waals surface area contributed by atoms with Crippen LogP contribution >= 0.6 is 11.3 Å². The molecular weight excluding hydrogens is 557 g/mol. The number of rotatable bonds is 7. The van der Waals surface area contributed by atoms with Gasteiger partial charge in [0, 0.05) is 36.4 Å². The molecule has 0 amide bonds. The molecular formula is C24H27F3N6O4S2. The number of carbonyl (C=O) groups is 1. The van der Waals surface area contributed by atoms with Gasteiger partial charge in [-0.2, -0.15) is 12.7 Å². The Morgan fingerprint density at radius 3 is 2.79 bits per heavy atom. The molecule has 0 saturated carbocycles. The number of thiazole rings is 1. The summed E-state index contributed by atoms with van der Waals surface area (Å²) in [7, 11) is -4.34. The van der Waals surface area contributed by atoms with Crippen LogP contribution in [0.4, 0.5) is 13.2 Å². The lowest BCUT2D eigenvalue weighted by molar-refractivity contribution is -0.139. The van der Waals surface area contributed by atoms with E-state index in [0.717, 1.165) is 0 Å². The summed E-state index contributed by atoms with van der Waals surface area (Å²) in [5.41, 5.74) is 0.990. The molecule has 39 heavy (non-hydrogen) atoms. The third kappa shape index (κ3) is 5.09. The monoisotopic (exact) mass is 584 g/mol. The van der Waals surface area contributed by atoms with Gasteiger partial charge in [0.2, 0.25) is 0 Å². The highest BCUT2D eigenvalue weighted by Gasteiger charge is 2.61. The third-order valence-corrected chi connectivity index (χ3v) is 9.03. The van der Waals surface area contributed by atoms with Gasteiger partial charge in [0.25, 0.3) is 16.1 Å². The zero-order chi connectivity index (χ0) is 28.1. The molecule has 4 heterocycles. The van der Waals surface area contributed by atoms with Crippen LogP contribution in [-0.4, -0.2) is 78.7 Å². The van der Waals surface area contributed by atoms with Crippen LogP contribution in [0.1, 0.15) is 35.5 Å². The van der Waals surface area contributed by atoms with E-state index >= 15 is 8.78 Å². The third-order valence-electron chi connectivity index (χ3n) is 7.18. The average Bonchev–Trinajstić information content (AvgIpc) is 3.59. The van der Waals surface area contributed by atoms with Crippen molar-refractivity contribution in [2.75, 3.05) is 26.2 Å². The summed E-state index contributed by atoms with van der Waals surface area (Å²) in [6.45, 7) is 2.19. The van der Waals surface area contributed by atoms with Gasteiger partial charge in [0.1, 0.15) is 17.9 Å². The first-order chi connectivity index (χ1) is 18.4. The van der Waals surface area contributed by atoms with E-state index in [-0.39, 0.29) is 43.0 Å². The number of nitrogens with one attached hydrogen (secondary N) is 1. The summed E-state index contributed by atoms with van der Waals surface area (Å²) in [6.07, 6.45) is 1.71. The number of aromatic nitrogens is 1. The molecule has 2 fully saturated rings. The van der Waals surface area contributed by atoms with Crippen molar-refractivity contribution in [1.29, 1.82) is 0 Å². The number of nitrogens with zero attached hydrogens (tertiary/aromatic N) is 4. The highest BCUT2D eigenvalue weighted by atomic mass is 32.2. The number of fused-ring (bicyclic) bond motifs is 1. The van der Waals surface area contributed by atoms with Crippen molar-refractivity contribution in [3.63, 3.8) is 0 Å². The van der Waals surface area contributed by atoms with Crippen LogP contribution in [-0.2, 0) is 19.7 Å². The fourth-order valence-electron chi connectivity index (χ4n) is 5.53. The number of aliphatic imine (C=N–C) groups is 1. The Balaban J connectivity index is 1.60. The lowest BCUT2D eigenvalue weighted by atomic mass is 9.92. The zero-order valence-corrected chi connectivity index (χ0v) is 22.7. The number of hydrogen-bond donors (Lipinski definition) is 2. The topological polar surface area (TPSA) is 130 Å². The summed E-state index contributed by atoms with van der Waals surface area (Å²) in [4.78, 5) is 23.8. The Kier molecular flexibility index (Phi) is 7.30. The molecule has 3 unspecified atom stereocenters. The van der Waals surface area contributed by atoms with E-state index in [0.29, 0.717) is 20.7 Å². The molecule has 0 aliphatic carbocycles. The number of ether oxygens (including phenoxy) is 1. The van der Waals surface area contributed by atoms with Crippen molar-refractivity contribution >= 4 is 33.4 Å². The first kappa shape index (κ1) is 27.7. The highest BCUT2D eigenvalue weighted by molar-refractivity contribution is 7.86. The minimum absolute atomic E-state index is 0.0450. The van der Waals surface area contributed by atoms with E-state index in [1.807, 2.05) is 0 Å². The van der Waals surface area contributed by atoms with Gasteiger partial charge in [-0.1, -0.05) is 12.1 Å². The molecule has 2 aromatic rings. The molecule has 10 nitrogen and oxygen atoms in total. The molecule has 3 atom stereocenters. The Labute approximate surface area is 227 Å². The van der Waals surface area contributed by atoms with Crippen molar-refractivity contribution in [2.45, 2.75) is 44.3 Å². The van der Waals surface area contributed by atoms with Crippen molar-refractivity contribution in [2.24, 2.45) is 10.1 Å². The molecule has 210 valence electrons. The normalized spacial score (nSPS) is 25.4. The average molecular weight is 585 g/mol. The van der Waals surface area contributed by atoms with Crippen molar-refractivity contribution < 1.29 is 31.1 Å². The van der Waals surface area contributed by atoms with Crippen LogP contribution in [0.3, 0.4) is 0 Å². The lowest BCUT2D eigenvalue weighted by Gasteiger charge is -2.31. The maximum Gasteiger partial charge on any atom is 0.338 e. The molecule has 1 aromatic carbocycles. The number of esters is 1. The molecule has 1 aromatic heterocycles. The maximum absolute atomic E-state index is 15.2. The molecule has 3 aliphatic rings. The van der Waals surface area contributed by atoms with E-state index in [1.165, 1.54) is 28.4 Å². The molecule has 3 N–H and O–H groups in total. The van der Waals surface area contributed by atoms with Crippen molar-refractivity contribution in [1.82, 2.24) is 19.5 Å². The predicted octanol–water partition coefficient (Wildman–Crippen LogP) is 2.10. The largest absolute Gasteiger partial charge is 0.463 e. The van der Waals surface area contributed by atoms with Gasteiger partial charge in [-0.3, -0.25) is 9.89 Å². The summed E-state index contributed by atoms with van der Waals surface area (Å²) in [6, 6.07) is 0.980. The molecule has 0 radical (unpaired) electrons. The highest BCUT2D eigenvalue weighted by Crippen LogP contribution is 2.43. The number of alkyl halides is 2. The Morgan fingerprint density at radius 1 is 1.36 bits per heavy atom.